The van der Waals surface area contributed by atoms with Crippen molar-refractivity contribution in [1.82, 2.24) is 15.8 Å². The molecular formula is C13H16ClN4O3+. The van der Waals surface area contributed by atoms with Crippen LogP contribution in [0.1, 0.15) is 20.3 Å². The largest absolute Gasteiger partial charge is 0.344 e. The van der Waals surface area contributed by atoms with Crippen molar-refractivity contribution in [2.45, 2.75) is 25.8 Å². The number of hydrogen-bond donors (Lipinski definition) is 3. The molecule has 0 bridgehead atoms. The highest BCUT2D eigenvalue weighted by atomic mass is 35.5. The highest BCUT2D eigenvalue weighted by Gasteiger charge is 2.47. The normalized spacial score (nSPS) is 21.2. The minimum atomic E-state index is -0.992. The Kier molecular flexibility index (Phi) is 4.04. The molecule has 0 saturated carbocycles. The van der Waals surface area contributed by atoms with Crippen LogP contribution in [0, 0.1) is 11.6 Å². The van der Waals surface area contributed by atoms with Gasteiger partial charge in [-0.1, -0.05) is 6.92 Å². The number of carbonyl (C=O) groups excluding carboxylic acids is 3. The minimum absolute atomic E-state index is 0.428. The highest BCUT2D eigenvalue weighted by Crippen LogP contribution is 2.19. The van der Waals surface area contributed by atoms with Crippen molar-refractivity contribution < 1.29 is 26.0 Å². The molecule has 1 saturated heterocycles. The molecule has 1 aromatic rings. The second-order valence-electron chi connectivity index (χ2n) is 4.85. The number of benzene rings is 1. The van der Waals surface area contributed by atoms with Gasteiger partial charge in [0, 0.05) is 17.8 Å². The Balaban J connectivity index is 2.01. The molecule has 0 aromatic heterocycles. The van der Waals surface area contributed by atoms with Crippen LogP contribution in [0.25, 0.3) is 0 Å². The van der Waals surface area contributed by atoms with E-state index in [1.807, 2.05) is 0 Å². The molecule has 8 heteroatoms. The fourth-order valence-electron chi connectivity index (χ4n) is 1.82. The standard InChI is InChI=1S/C13H15ClN4O3/c1-3-13(2)10(19)18(12(21)16-13)17-11(20)15-9-6-4-8(14)5-7-9/h4-7,14H,3H2,1-2H3,(H2-,15,16,17,20,21)/p+1. The van der Waals surface area contributed by atoms with Crippen LogP contribution in [0.3, 0.4) is 0 Å². The van der Waals surface area contributed by atoms with Gasteiger partial charge in [0.2, 0.25) is 5.02 Å². The number of hydrazine groups is 1. The molecule has 1 unspecified atom stereocenters. The summed E-state index contributed by atoms with van der Waals surface area (Å²) in [7, 11) is 0. The Labute approximate surface area is 126 Å². The van der Waals surface area contributed by atoms with Gasteiger partial charge in [0.1, 0.15) is 5.54 Å². The van der Waals surface area contributed by atoms with Crippen molar-refractivity contribution in [2.24, 2.45) is 0 Å². The fourth-order valence-corrected chi connectivity index (χ4v) is 1.96. The van der Waals surface area contributed by atoms with Crippen LogP contribution in [0.15, 0.2) is 24.3 Å². The SMILES string of the molecule is CCC1(C)NC(=O)N(NC(=O)Nc2ccc([ClH+])cc2)C1=O. The summed E-state index contributed by atoms with van der Waals surface area (Å²) in [5.41, 5.74) is 1.74. The minimum Gasteiger partial charge on any atom is -0.322 e. The lowest BCUT2D eigenvalue weighted by Crippen LogP contribution is -2.49. The Hall–Kier alpha value is -2.28. The first-order chi connectivity index (χ1) is 9.85. The van der Waals surface area contributed by atoms with Crippen molar-refractivity contribution in [3.63, 3.8) is 0 Å². The lowest BCUT2D eigenvalue weighted by Gasteiger charge is -2.19. The lowest BCUT2D eigenvalue weighted by molar-refractivity contribution is -0.288. The number of anilines is 1. The molecule has 1 aliphatic heterocycles. The summed E-state index contributed by atoms with van der Waals surface area (Å²) in [6, 6.07) is 5.24. The zero-order valence-corrected chi connectivity index (χ0v) is 12.4. The number of urea groups is 2. The lowest BCUT2D eigenvalue weighted by atomic mass is 10.00. The Morgan fingerprint density at radius 3 is 2.48 bits per heavy atom. The maximum Gasteiger partial charge on any atom is 0.344 e. The van der Waals surface area contributed by atoms with Crippen molar-refractivity contribution in [3.05, 3.63) is 29.3 Å². The monoisotopic (exact) mass is 311 g/mol. The van der Waals surface area contributed by atoms with E-state index < -0.39 is 23.5 Å². The highest BCUT2D eigenvalue weighted by molar-refractivity contribution is 6.08. The van der Waals surface area contributed by atoms with Gasteiger partial charge >= 0.3 is 12.1 Å². The summed E-state index contributed by atoms with van der Waals surface area (Å²) in [4.78, 5) is 35.6. The zero-order chi connectivity index (χ0) is 15.6. The van der Waals surface area contributed by atoms with Crippen LogP contribution in [0.2, 0.25) is 5.02 Å². The molecule has 21 heavy (non-hydrogen) atoms. The predicted octanol–water partition coefficient (Wildman–Crippen LogP) is 1.14. The predicted molar refractivity (Wildman–Crippen MR) is 73.2 cm³/mol. The van der Waals surface area contributed by atoms with Gasteiger partial charge < -0.3 is 10.6 Å². The molecular weight excluding hydrogens is 296 g/mol. The van der Waals surface area contributed by atoms with E-state index in [0.29, 0.717) is 22.1 Å². The molecule has 2 rings (SSSR count). The van der Waals surface area contributed by atoms with Crippen molar-refractivity contribution >= 4 is 23.7 Å². The summed E-state index contributed by atoms with van der Waals surface area (Å²) in [5, 5.41) is 6.38. The molecule has 1 aromatic carbocycles. The smallest absolute Gasteiger partial charge is 0.322 e. The number of nitrogens with one attached hydrogen (secondary N) is 3. The number of rotatable bonds is 3. The van der Waals surface area contributed by atoms with Crippen LogP contribution in [0.4, 0.5) is 15.3 Å². The zero-order valence-electron chi connectivity index (χ0n) is 11.6. The van der Waals surface area contributed by atoms with Gasteiger partial charge in [-0.05, 0) is 25.5 Å². The van der Waals surface area contributed by atoms with Crippen LogP contribution in [-0.4, -0.2) is 28.5 Å². The molecule has 1 fully saturated rings. The molecule has 1 aliphatic rings. The van der Waals surface area contributed by atoms with Gasteiger partial charge in [0.25, 0.3) is 5.91 Å². The molecule has 7 nitrogen and oxygen atoms in total. The van der Waals surface area contributed by atoms with E-state index in [-0.39, 0.29) is 0 Å². The van der Waals surface area contributed by atoms with Crippen LogP contribution in [0.5, 0.6) is 0 Å². The van der Waals surface area contributed by atoms with E-state index in [2.05, 4.69) is 16.1 Å². The maximum atomic E-state index is 12.1. The summed E-state index contributed by atoms with van der Waals surface area (Å²) in [6.45, 7) is 3.38. The van der Waals surface area contributed by atoms with Gasteiger partial charge in [-0.3, -0.25) is 4.79 Å². The number of hydrogen-bond acceptors (Lipinski definition) is 3. The maximum absolute atomic E-state index is 12.1. The van der Waals surface area contributed by atoms with E-state index >= 15 is 0 Å². The first-order valence-corrected chi connectivity index (χ1v) is 6.78. The van der Waals surface area contributed by atoms with Crippen LogP contribution >= 0.6 is 0 Å². The third-order valence-corrected chi connectivity index (χ3v) is 3.57. The molecule has 0 spiro atoms. The number of nitrogens with zero attached hydrogens (tertiary/aromatic N) is 1. The summed E-state index contributed by atoms with van der Waals surface area (Å²) < 4.78 is 0. The van der Waals surface area contributed by atoms with Gasteiger partial charge in [-0.25, -0.2) is 15.0 Å². The summed E-state index contributed by atoms with van der Waals surface area (Å²) >= 11 is 4.94. The third kappa shape index (κ3) is 3.08. The first-order valence-electron chi connectivity index (χ1n) is 6.37. The molecule has 1 heterocycles. The number of halogens is 1. The molecule has 0 aliphatic carbocycles. The van der Waals surface area contributed by atoms with E-state index in [1.54, 1.807) is 38.1 Å². The van der Waals surface area contributed by atoms with Crippen molar-refractivity contribution in [3.8, 4) is 0 Å². The molecule has 5 amide bonds. The summed E-state index contributed by atoms with van der Waals surface area (Å²) in [5.74, 6) is -0.494. The fraction of sp³-hybridized carbons (Fsp3) is 0.308. The Morgan fingerprint density at radius 1 is 1.33 bits per heavy atom. The Bertz CT molecular complexity index is 590. The van der Waals surface area contributed by atoms with Crippen molar-refractivity contribution in [1.29, 1.82) is 0 Å². The van der Waals surface area contributed by atoms with Crippen molar-refractivity contribution in [2.75, 3.05) is 5.32 Å². The van der Waals surface area contributed by atoms with E-state index in [0.717, 1.165) is 0 Å². The Morgan fingerprint density at radius 2 is 1.95 bits per heavy atom. The molecule has 0 radical (unpaired) electrons. The van der Waals surface area contributed by atoms with Gasteiger partial charge in [0.05, 0.1) is 0 Å². The number of carbonyl (C=O) groups is 3. The van der Waals surface area contributed by atoms with E-state index in [4.69, 9.17) is 11.6 Å². The van der Waals surface area contributed by atoms with Gasteiger partial charge in [-0.2, -0.15) is 5.01 Å². The topological polar surface area (TPSA) is 90.5 Å². The van der Waals surface area contributed by atoms with E-state index in [9.17, 15) is 14.4 Å². The molecule has 3 N–H and O–H groups in total. The average molecular weight is 312 g/mol. The molecule has 112 valence electrons. The van der Waals surface area contributed by atoms with E-state index in [1.165, 1.54) is 0 Å². The summed E-state index contributed by atoms with van der Waals surface area (Å²) in [6.07, 6.45) is 0.428. The third-order valence-electron chi connectivity index (χ3n) is 3.29. The number of imide groups is 1. The second-order valence-corrected chi connectivity index (χ2v) is 5.32. The molecule has 1 atom stereocenters. The van der Waals surface area contributed by atoms with Gasteiger partial charge in [-0.15, -0.1) is 0 Å². The van der Waals surface area contributed by atoms with Crippen LogP contribution < -0.4 is 16.1 Å². The van der Waals surface area contributed by atoms with Crippen LogP contribution in [-0.2, 0) is 4.79 Å². The number of amides is 5. The average Bonchev–Trinajstić information content (AvgIpc) is 2.66. The second kappa shape index (κ2) is 5.61. The first kappa shape index (κ1) is 15.1. The van der Waals surface area contributed by atoms with Gasteiger partial charge in [0.15, 0.2) is 11.6 Å². The quantitative estimate of drug-likeness (QED) is 0.731.